The number of aromatic nitrogens is 2. The molecular formula is C58H50N4O2. The van der Waals surface area contributed by atoms with Gasteiger partial charge in [-0.05, 0) is 114 Å². The average Bonchev–Trinajstić information content (AvgIpc) is 4.01. The molecule has 0 spiro atoms. The van der Waals surface area contributed by atoms with Gasteiger partial charge in [-0.2, -0.15) is 4.98 Å². The van der Waals surface area contributed by atoms with Crippen LogP contribution in [0.15, 0.2) is 186 Å². The molecule has 1 aliphatic heterocycles. The molecule has 11 rings (SSSR count). The molecule has 0 unspecified atom stereocenters. The zero-order valence-corrected chi connectivity index (χ0v) is 37.1. The van der Waals surface area contributed by atoms with E-state index in [0.717, 1.165) is 50.1 Å². The summed E-state index contributed by atoms with van der Waals surface area (Å²) in [4.78, 5) is 9.80. The van der Waals surface area contributed by atoms with Crippen molar-refractivity contribution < 1.29 is 9.15 Å². The lowest BCUT2D eigenvalue weighted by molar-refractivity contribution is 0.483. The van der Waals surface area contributed by atoms with Crippen LogP contribution in [0.1, 0.15) is 61.1 Å². The third kappa shape index (κ3) is 6.60. The van der Waals surface area contributed by atoms with Crippen LogP contribution in [-0.4, -0.2) is 16.2 Å². The Morgan fingerprint density at radius 2 is 1.06 bits per heavy atom. The summed E-state index contributed by atoms with van der Waals surface area (Å²) in [5, 5.41) is 2.23. The molecule has 64 heavy (non-hydrogen) atoms. The van der Waals surface area contributed by atoms with E-state index in [-0.39, 0.29) is 10.8 Å². The molecule has 314 valence electrons. The topological polar surface area (TPSA) is 46.7 Å². The number of aryl methyl sites for hydroxylation is 2. The highest BCUT2D eigenvalue weighted by molar-refractivity contribution is 6.09. The van der Waals surface area contributed by atoms with Crippen LogP contribution in [0, 0.1) is 13.8 Å². The Labute approximate surface area is 374 Å². The first-order valence-corrected chi connectivity index (χ1v) is 22.1. The van der Waals surface area contributed by atoms with Crippen molar-refractivity contribution >= 4 is 55.7 Å². The van der Waals surface area contributed by atoms with E-state index in [9.17, 15) is 0 Å². The second kappa shape index (κ2) is 15.1. The minimum absolute atomic E-state index is 0.240. The Morgan fingerprint density at radius 3 is 1.73 bits per heavy atom. The zero-order chi connectivity index (χ0) is 43.7. The Hall–Kier alpha value is -7.57. The van der Waals surface area contributed by atoms with Gasteiger partial charge < -0.3 is 19.0 Å². The van der Waals surface area contributed by atoms with Crippen LogP contribution in [0.5, 0.6) is 11.5 Å². The number of rotatable bonds is 9. The third-order valence-electron chi connectivity index (χ3n) is 13.6. The van der Waals surface area contributed by atoms with Crippen molar-refractivity contribution in [2.75, 3.05) is 16.5 Å². The molecule has 0 fully saturated rings. The SMILES string of the molecule is Cc1cc2c(cc1C)N(c1cc(C(C)(C)c3ccccc3)cc(C(C)(C)c3ccccc3)c1)CN2c1cccc(Oc2ccc3c4ccccc4n(-c4nc5ccccc5o4)c3c2)c1. The lowest BCUT2D eigenvalue weighted by atomic mass is 9.73. The summed E-state index contributed by atoms with van der Waals surface area (Å²) in [5.74, 6) is 1.48. The van der Waals surface area contributed by atoms with Crippen molar-refractivity contribution in [1.29, 1.82) is 0 Å². The quantitative estimate of drug-likeness (QED) is 0.145. The molecule has 6 heteroatoms. The van der Waals surface area contributed by atoms with E-state index >= 15 is 0 Å². The van der Waals surface area contributed by atoms with Crippen molar-refractivity contribution in [2.24, 2.45) is 0 Å². The van der Waals surface area contributed by atoms with Crippen molar-refractivity contribution in [1.82, 2.24) is 9.55 Å². The van der Waals surface area contributed by atoms with Crippen molar-refractivity contribution in [3.8, 4) is 17.5 Å². The predicted octanol–water partition coefficient (Wildman–Crippen LogP) is 15.2. The molecular weight excluding hydrogens is 785 g/mol. The summed E-state index contributed by atoms with van der Waals surface area (Å²) in [7, 11) is 0. The highest BCUT2D eigenvalue weighted by atomic mass is 16.5. The monoisotopic (exact) mass is 834 g/mol. The molecule has 0 bridgehead atoms. The fourth-order valence-corrected chi connectivity index (χ4v) is 9.51. The van der Waals surface area contributed by atoms with Crippen LogP contribution in [0.2, 0.25) is 0 Å². The minimum Gasteiger partial charge on any atom is -0.457 e. The summed E-state index contributed by atoms with van der Waals surface area (Å²) >= 11 is 0. The van der Waals surface area contributed by atoms with Gasteiger partial charge in [0.25, 0.3) is 0 Å². The molecule has 3 heterocycles. The van der Waals surface area contributed by atoms with E-state index < -0.39 is 0 Å². The van der Waals surface area contributed by atoms with Gasteiger partial charge in [0.15, 0.2) is 5.58 Å². The van der Waals surface area contributed by atoms with Gasteiger partial charge in [-0.25, -0.2) is 0 Å². The number of hydrogen-bond acceptors (Lipinski definition) is 5. The Morgan fingerprint density at radius 1 is 0.484 bits per heavy atom. The van der Waals surface area contributed by atoms with E-state index in [1.807, 2.05) is 30.3 Å². The second-order valence-electron chi connectivity index (χ2n) is 18.3. The standard InChI is InChI=1S/C58H50N4O2/c1-38-30-53-54(31-39(38)2)61(45-33-42(57(3,4)40-18-9-7-10-19-40)32-43(34-45)58(5,6)41-20-11-8-12-21-41)37-60(53)44-22-17-23-46(35-44)63-47-28-29-49-48-24-13-15-26-51(48)62(52(49)36-47)56-59-50-25-14-16-27-55(50)64-56/h7-36H,37H2,1-6H3. The molecule has 0 aliphatic carbocycles. The lowest BCUT2D eigenvalue weighted by Crippen LogP contribution is -2.27. The van der Waals surface area contributed by atoms with Crippen LogP contribution >= 0.6 is 0 Å². The van der Waals surface area contributed by atoms with Crippen molar-refractivity contribution in [3.05, 3.63) is 215 Å². The van der Waals surface area contributed by atoms with E-state index in [4.69, 9.17) is 14.1 Å². The maximum absolute atomic E-state index is 6.76. The molecule has 0 amide bonds. The van der Waals surface area contributed by atoms with Crippen LogP contribution in [0.25, 0.3) is 38.9 Å². The van der Waals surface area contributed by atoms with Crippen LogP contribution < -0.4 is 14.5 Å². The highest BCUT2D eigenvalue weighted by Crippen LogP contribution is 2.49. The van der Waals surface area contributed by atoms with Gasteiger partial charge >= 0.3 is 6.01 Å². The maximum atomic E-state index is 6.76. The van der Waals surface area contributed by atoms with E-state index in [0.29, 0.717) is 12.7 Å². The average molecular weight is 835 g/mol. The van der Waals surface area contributed by atoms with Gasteiger partial charge in [0.05, 0.1) is 22.4 Å². The van der Waals surface area contributed by atoms with Gasteiger partial charge in [0.2, 0.25) is 0 Å². The molecule has 6 nitrogen and oxygen atoms in total. The number of nitrogens with zero attached hydrogens (tertiary/aromatic N) is 4. The zero-order valence-electron chi connectivity index (χ0n) is 37.1. The maximum Gasteiger partial charge on any atom is 0.307 e. The molecule has 2 aromatic heterocycles. The van der Waals surface area contributed by atoms with E-state index in [2.05, 4.69) is 208 Å². The number of benzene rings is 8. The van der Waals surface area contributed by atoms with Crippen molar-refractivity contribution in [2.45, 2.75) is 52.4 Å². The normalized spacial score (nSPS) is 13.0. The van der Waals surface area contributed by atoms with Crippen LogP contribution in [0.4, 0.5) is 22.7 Å². The first-order chi connectivity index (χ1) is 31.0. The molecule has 1 aliphatic rings. The number of para-hydroxylation sites is 3. The molecule has 0 N–H and O–H groups in total. The minimum atomic E-state index is -0.240. The summed E-state index contributed by atoms with van der Waals surface area (Å²) < 4.78 is 15.2. The Kier molecular flexibility index (Phi) is 9.24. The van der Waals surface area contributed by atoms with Crippen molar-refractivity contribution in [3.63, 3.8) is 0 Å². The van der Waals surface area contributed by atoms with Gasteiger partial charge in [-0.15, -0.1) is 0 Å². The largest absolute Gasteiger partial charge is 0.457 e. The third-order valence-corrected chi connectivity index (χ3v) is 13.6. The Bertz CT molecular complexity index is 3280. The second-order valence-corrected chi connectivity index (χ2v) is 18.3. The van der Waals surface area contributed by atoms with Crippen LogP contribution in [0.3, 0.4) is 0 Å². The van der Waals surface area contributed by atoms with Gasteiger partial charge in [0, 0.05) is 45.1 Å². The first-order valence-electron chi connectivity index (χ1n) is 22.1. The van der Waals surface area contributed by atoms with E-state index in [1.54, 1.807) is 0 Å². The van der Waals surface area contributed by atoms with Gasteiger partial charge in [-0.1, -0.05) is 131 Å². The number of fused-ring (bicyclic) bond motifs is 5. The lowest BCUT2D eigenvalue weighted by Gasteiger charge is -2.33. The predicted molar refractivity (Wildman–Crippen MR) is 264 cm³/mol. The van der Waals surface area contributed by atoms with Gasteiger partial charge in [-0.3, -0.25) is 4.57 Å². The van der Waals surface area contributed by atoms with E-state index in [1.165, 1.54) is 50.4 Å². The van der Waals surface area contributed by atoms with Gasteiger partial charge in [0.1, 0.15) is 23.7 Å². The number of ether oxygens (including phenoxy) is 1. The molecule has 10 aromatic rings. The fraction of sp³-hybridized carbons (Fsp3) is 0.155. The first kappa shape index (κ1) is 39.3. The highest BCUT2D eigenvalue weighted by Gasteiger charge is 2.34. The number of anilines is 4. The molecule has 0 atom stereocenters. The molecule has 8 aromatic carbocycles. The number of hydrogen-bond donors (Lipinski definition) is 0. The molecule has 0 radical (unpaired) electrons. The molecule has 0 saturated heterocycles. The smallest absolute Gasteiger partial charge is 0.307 e. The molecule has 0 saturated carbocycles. The fourth-order valence-electron chi connectivity index (χ4n) is 9.51. The van der Waals surface area contributed by atoms with Crippen LogP contribution in [-0.2, 0) is 10.8 Å². The summed E-state index contributed by atoms with van der Waals surface area (Å²) in [6.45, 7) is 14.4. The number of oxazole rings is 1. The summed E-state index contributed by atoms with van der Waals surface area (Å²) in [6.07, 6.45) is 0. The summed E-state index contributed by atoms with van der Waals surface area (Å²) in [5.41, 5.74) is 15.3. The summed E-state index contributed by atoms with van der Waals surface area (Å²) in [6, 6.07) is 65.2. The Balaban J connectivity index is 0.983.